The van der Waals surface area contributed by atoms with E-state index in [1.165, 1.54) is 12.5 Å². The maximum absolute atomic E-state index is 11.8. The Labute approximate surface area is 121 Å². The molecule has 0 fully saturated rings. The Hall–Kier alpha value is -2.89. The van der Waals surface area contributed by atoms with Crippen molar-refractivity contribution >= 4 is 23.7 Å². The highest BCUT2D eigenvalue weighted by molar-refractivity contribution is 6.39. The van der Waals surface area contributed by atoms with E-state index in [1.807, 2.05) is 32.0 Å². The van der Waals surface area contributed by atoms with Gasteiger partial charge in [-0.25, -0.2) is 5.43 Å². The monoisotopic (exact) mass is 285 g/mol. The van der Waals surface area contributed by atoms with Gasteiger partial charge in [-0.05, 0) is 37.1 Å². The van der Waals surface area contributed by atoms with Gasteiger partial charge in [-0.2, -0.15) is 5.10 Å². The number of furan rings is 1. The van der Waals surface area contributed by atoms with E-state index >= 15 is 0 Å². The second-order valence-corrected chi connectivity index (χ2v) is 4.44. The Morgan fingerprint density at radius 2 is 1.81 bits per heavy atom. The van der Waals surface area contributed by atoms with Crippen LogP contribution in [0.2, 0.25) is 0 Å². The van der Waals surface area contributed by atoms with Crippen molar-refractivity contribution in [3.8, 4) is 0 Å². The number of hydrazone groups is 1. The fraction of sp³-hybridized carbons (Fsp3) is 0.133. The summed E-state index contributed by atoms with van der Waals surface area (Å²) >= 11 is 0. The van der Waals surface area contributed by atoms with Crippen LogP contribution in [0.25, 0.3) is 0 Å². The zero-order chi connectivity index (χ0) is 15.2. The molecule has 0 unspecified atom stereocenters. The zero-order valence-corrected chi connectivity index (χ0v) is 11.7. The first-order valence-electron chi connectivity index (χ1n) is 6.32. The van der Waals surface area contributed by atoms with Crippen LogP contribution in [0.4, 0.5) is 5.69 Å². The third-order valence-electron chi connectivity index (χ3n) is 2.83. The van der Waals surface area contributed by atoms with Crippen molar-refractivity contribution in [3.63, 3.8) is 0 Å². The fourth-order valence-corrected chi connectivity index (χ4v) is 1.75. The van der Waals surface area contributed by atoms with Gasteiger partial charge in [-0.15, -0.1) is 0 Å². The van der Waals surface area contributed by atoms with E-state index in [0.29, 0.717) is 11.4 Å². The number of carbonyl (C=O) groups excluding carboxylic acids is 2. The molecule has 1 aromatic carbocycles. The second kappa shape index (κ2) is 6.51. The second-order valence-electron chi connectivity index (χ2n) is 4.44. The molecule has 108 valence electrons. The van der Waals surface area contributed by atoms with Gasteiger partial charge < -0.3 is 9.73 Å². The molecule has 2 rings (SSSR count). The molecule has 0 aliphatic heterocycles. The maximum Gasteiger partial charge on any atom is 0.329 e. The Bertz CT molecular complexity index is 655. The van der Waals surface area contributed by atoms with Crippen molar-refractivity contribution in [2.75, 3.05) is 5.32 Å². The number of rotatable bonds is 3. The van der Waals surface area contributed by atoms with Gasteiger partial charge in [0.2, 0.25) is 0 Å². The molecule has 21 heavy (non-hydrogen) atoms. The SMILES string of the molecule is Cc1cccc(C)c1NC(=O)C(=O)NN=Cc1ccco1. The van der Waals surface area contributed by atoms with Crippen molar-refractivity contribution < 1.29 is 14.0 Å². The molecule has 1 aromatic heterocycles. The molecule has 1 heterocycles. The van der Waals surface area contributed by atoms with Crippen molar-refractivity contribution in [2.24, 2.45) is 5.10 Å². The van der Waals surface area contributed by atoms with Crippen molar-refractivity contribution in [2.45, 2.75) is 13.8 Å². The van der Waals surface area contributed by atoms with Crippen molar-refractivity contribution in [1.29, 1.82) is 0 Å². The molecule has 0 aliphatic rings. The maximum atomic E-state index is 11.8. The Kier molecular flexibility index (Phi) is 4.50. The normalized spacial score (nSPS) is 10.6. The lowest BCUT2D eigenvalue weighted by molar-refractivity contribution is -0.136. The molecule has 0 saturated heterocycles. The van der Waals surface area contributed by atoms with Gasteiger partial charge in [-0.1, -0.05) is 18.2 Å². The highest BCUT2D eigenvalue weighted by atomic mass is 16.3. The van der Waals surface area contributed by atoms with E-state index < -0.39 is 11.8 Å². The van der Waals surface area contributed by atoms with Crippen LogP contribution >= 0.6 is 0 Å². The van der Waals surface area contributed by atoms with Crippen LogP contribution < -0.4 is 10.7 Å². The van der Waals surface area contributed by atoms with E-state index in [9.17, 15) is 9.59 Å². The number of nitrogens with zero attached hydrogens (tertiary/aromatic N) is 1. The number of benzene rings is 1. The number of amides is 2. The Morgan fingerprint density at radius 3 is 2.43 bits per heavy atom. The van der Waals surface area contributed by atoms with Crippen LogP contribution in [-0.2, 0) is 9.59 Å². The highest BCUT2D eigenvalue weighted by Gasteiger charge is 2.14. The van der Waals surface area contributed by atoms with Crippen LogP contribution in [0.5, 0.6) is 0 Å². The summed E-state index contributed by atoms with van der Waals surface area (Å²) in [6.45, 7) is 3.71. The molecule has 0 radical (unpaired) electrons. The molecule has 6 heteroatoms. The molecule has 0 aliphatic carbocycles. The molecule has 6 nitrogen and oxygen atoms in total. The van der Waals surface area contributed by atoms with E-state index in [1.54, 1.807) is 12.1 Å². The summed E-state index contributed by atoms with van der Waals surface area (Å²) in [7, 11) is 0. The summed E-state index contributed by atoms with van der Waals surface area (Å²) in [6, 6.07) is 8.96. The molecular formula is C15H15N3O3. The number of nitrogens with one attached hydrogen (secondary N) is 2. The van der Waals surface area contributed by atoms with Crippen LogP contribution in [0.1, 0.15) is 16.9 Å². The highest BCUT2D eigenvalue weighted by Crippen LogP contribution is 2.19. The van der Waals surface area contributed by atoms with Gasteiger partial charge in [0.25, 0.3) is 0 Å². The molecule has 0 spiro atoms. The van der Waals surface area contributed by atoms with E-state index in [4.69, 9.17) is 4.42 Å². The summed E-state index contributed by atoms with van der Waals surface area (Å²) in [6.07, 6.45) is 2.79. The summed E-state index contributed by atoms with van der Waals surface area (Å²) in [4.78, 5) is 23.4. The molecule has 2 aromatic rings. The smallest absolute Gasteiger partial charge is 0.329 e. The average molecular weight is 285 g/mol. The number of para-hydroxylation sites is 1. The summed E-state index contributed by atoms with van der Waals surface area (Å²) in [5.74, 6) is -1.14. The molecular weight excluding hydrogens is 270 g/mol. The average Bonchev–Trinajstić information content (AvgIpc) is 2.96. The lowest BCUT2D eigenvalue weighted by atomic mass is 10.1. The van der Waals surface area contributed by atoms with E-state index in [2.05, 4.69) is 15.8 Å². The van der Waals surface area contributed by atoms with E-state index in [0.717, 1.165) is 11.1 Å². The first kappa shape index (κ1) is 14.5. The Morgan fingerprint density at radius 1 is 1.10 bits per heavy atom. The van der Waals surface area contributed by atoms with Crippen LogP contribution in [-0.4, -0.2) is 18.0 Å². The summed E-state index contributed by atoms with van der Waals surface area (Å²) in [5.41, 5.74) is 4.54. The number of hydrogen-bond donors (Lipinski definition) is 2. The third-order valence-corrected chi connectivity index (χ3v) is 2.83. The lowest BCUT2D eigenvalue weighted by Crippen LogP contribution is -2.32. The predicted molar refractivity (Wildman–Crippen MR) is 79.0 cm³/mol. The van der Waals surface area contributed by atoms with Gasteiger partial charge in [0.15, 0.2) is 0 Å². The van der Waals surface area contributed by atoms with E-state index in [-0.39, 0.29) is 0 Å². The standard InChI is InChI=1S/C15H15N3O3/c1-10-5-3-6-11(2)13(10)17-14(19)15(20)18-16-9-12-7-4-8-21-12/h3-9H,1-2H3,(H,17,19)(H,18,20). The third kappa shape index (κ3) is 3.79. The molecule has 2 amide bonds. The lowest BCUT2D eigenvalue weighted by Gasteiger charge is -2.10. The summed E-state index contributed by atoms with van der Waals surface area (Å²) < 4.78 is 5.00. The fourth-order valence-electron chi connectivity index (χ4n) is 1.75. The molecule has 2 N–H and O–H groups in total. The van der Waals surface area contributed by atoms with Crippen LogP contribution in [0, 0.1) is 13.8 Å². The van der Waals surface area contributed by atoms with Crippen LogP contribution in [0.3, 0.4) is 0 Å². The number of anilines is 1. The molecule has 0 bridgehead atoms. The predicted octanol–water partition coefficient (Wildman–Crippen LogP) is 1.99. The minimum Gasteiger partial charge on any atom is -0.463 e. The van der Waals surface area contributed by atoms with Crippen molar-refractivity contribution in [3.05, 3.63) is 53.5 Å². The van der Waals surface area contributed by atoms with Gasteiger partial charge in [0, 0.05) is 5.69 Å². The zero-order valence-electron chi connectivity index (χ0n) is 11.7. The molecule has 0 saturated carbocycles. The van der Waals surface area contributed by atoms with Gasteiger partial charge in [0.05, 0.1) is 12.5 Å². The number of aryl methyl sites for hydroxylation is 2. The van der Waals surface area contributed by atoms with Gasteiger partial charge in [-0.3, -0.25) is 9.59 Å². The minimum atomic E-state index is -0.847. The van der Waals surface area contributed by atoms with Crippen LogP contribution in [0.15, 0.2) is 46.1 Å². The largest absolute Gasteiger partial charge is 0.463 e. The number of hydrogen-bond acceptors (Lipinski definition) is 4. The van der Waals surface area contributed by atoms with Gasteiger partial charge in [0.1, 0.15) is 5.76 Å². The van der Waals surface area contributed by atoms with Crippen molar-refractivity contribution in [1.82, 2.24) is 5.43 Å². The number of carbonyl (C=O) groups is 2. The minimum absolute atomic E-state index is 0.477. The quantitative estimate of drug-likeness (QED) is 0.514. The summed E-state index contributed by atoms with van der Waals surface area (Å²) in [5, 5.41) is 6.22. The topological polar surface area (TPSA) is 83.7 Å². The first-order chi connectivity index (χ1) is 10.1. The Balaban J connectivity index is 1.95. The first-order valence-corrected chi connectivity index (χ1v) is 6.32. The molecule has 0 atom stereocenters. The van der Waals surface area contributed by atoms with Gasteiger partial charge >= 0.3 is 11.8 Å².